The summed E-state index contributed by atoms with van der Waals surface area (Å²) in [5.41, 5.74) is 5.00. The number of primary amides is 1. The normalized spacial score (nSPS) is 11.6. The monoisotopic (exact) mass is 278 g/mol. The maximum atomic E-state index is 11.0. The van der Waals surface area contributed by atoms with Crippen LogP contribution in [0.1, 0.15) is 0 Å². The molecule has 0 saturated carbocycles. The predicted octanol–water partition coefficient (Wildman–Crippen LogP) is -3.80. The number of pyridine rings is 1. The molecule has 1 atom stereocenters. The van der Waals surface area contributed by atoms with Crippen molar-refractivity contribution in [2.75, 3.05) is 6.26 Å². The van der Waals surface area contributed by atoms with Gasteiger partial charge in [-0.05, 0) is 11.2 Å². The van der Waals surface area contributed by atoms with Crippen LogP contribution in [-0.4, -0.2) is 16.7 Å². The highest BCUT2D eigenvalue weighted by Gasteiger charge is 2.08. The summed E-state index contributed by atoms with van der Waals surface area (Å²) in [6.07, 6.45) is 4.97. The van der Waals surface area contributed by atoms with Crippen LogP contribution in [-0.2, 0) is 22.5 Å². The first-order valence-electron chi connectivity index (χ1n) is 3.70. The zero-order valence-electron chi connectivity index (χ0n) is 7.64. The predicted molar refractivity (Wildman–Crippen MR) is 48.2 cm³/mol. The molecule has 0 bridgehead atoms. The molecule has 1 amide bonds. The summed E-state index contributed by atoms with van der Waals surface area (Å²) < 4.78 is 12.6. The van der Waals surface area contributed by atoms with Gasteiger partial charge in [0.2, 0.25) is 6.54 Å². The van der Waals surface area contributed by atoms with Gasteiger partial charge in [-0.25, -0.2) is 0 Å². The van der Waals surface area contributed by atoms with Crippen molar-refractivity contribution in [3.05, 3.63) is 24.5 Å². The third-order valence-corrected chi connectivity index (χ3v) is 2.47. The third-order valence-electron chi connectivity index (χ3n) is 1.53. The van der Waals surface area contributed by atoms with Gasteiger partial charge in [-0.15, -0.1) is 0 Å². The van der Waals surface area contributed by atoms with E-state index in [1.165, 1.54) is 0 Å². The van der Waals surface area contributed by atoms with Gasteiger partial charge < -0.3 is 27.3 Å². The van der Waals surface area contributed by atoms with Gasteiger partial charge in [0.1, 0.15) is 6.26 Å². The maximum absolute atomic E-state index is 11.0. The fourth-order valence-electron chi connectivity index (χ4n) is 0.921. The lowest BCUT2D eigenvalue weighted by molar-refractivity contribution is -0.684. The lowest BCUT2D eigenvalue weighted by atomic mass is 10.4. The number of nitrogens with zero attached hydrogens (tertiary/aromatic N) is 1. The first-order valence-corrected chi connectivity index (χ1v) is 5.26. The van der Waals surface area contributed by atoms with Crippen molar-refractivity contribution in [3.8, 4) is 0 Å². The molecule has 0 fully saturated rings. The molecule has 0 aliphatic carbocycles. The highest BCUT2D eigenvalue weighted by atomic mass is 79.9. The third kappa shape index (κ3) is 4.08. The number of carbonyl (C=O) groups excluding carboxylic acids is 1. The number of hydrogen-bond acceptors (Lipinski definition) is 2. The molecule has 0 saturated heterocycles. The van der Waals surface area contributed by atoms with E-state index >= 15 is 0 Å². The van der Waals surface area contributed by atoms with Gasteiger partial charge in [-0.3, -0.25) is 4.79 Å². The van der Waals surface area contributed by atoms with Gasteiger partial charge in [0, 0.05) is 0 Å². The van der Waals surface area contributed by atoms with Crippen LogP contribution in [0, 0.1) is 0 Å². The summed E-state index contributed by atoms with van der Waals surface area (Å²) in [6, 6.07) is 3.41. The summed E-state index contributed by atoms with van der Waals surface area (Å²) >= 11 is -0.979. The van der Waals surface area contributed by atoms with Gasteiger partial charge in [0.05, 0.1) is 12.1 Å². The molecule has 1 heterocycles. The van der Waals surface area contributed by atoms with Crippen LogP contribution in [0.4, 0.5) is 0 Å². The van der Waals surface area contributed by atoms with Crippen molar-refractivity contribution in [1.82, 2.24) is 0 Å². The van der Waals surface area contributed by atoms with Crippen LogP contribution >= 0.6 is 0 Å². The molecular weight excluding hydrogens is 268 g/mol. The minimum absolute atomic E-state index is 0. The van der Waals surface area contributed by atoms with Crippen molar-refractivity contribution >= 4 is 17.1 Å². The molecule has 6 heteroatoms. The Morgan fingerprint density at radius 3 is 2.43 bits per heavy atom. The second kappa shape index (κ2) is 6.00. The Balaban J connectivity index is 0.00000169. The van der Waals surface area contributed by atoms with Crippen LogP contribution in [0.2, 0.25) is 0 Å². The molecule has 2 N–H and O–H groups in total. The Bertz CT molecular complexity index is 303. The van der Waals surface area contributed by atoms with E-state index in [2.05, 4.69) is 0 Å². The molecule has 1 rings (SSSR count). The SMILES string of the molecule is C[S+]([O-])c1cc[n+](CC(N)=O)cc1.[Br-]. The average Bonchev–Trinajstić information content (AvgIpc) is 2.04. The Labute approximate surface area is 96.1 Å². The van der Waals surface area contributed by atoms with Crippen LogP contribution in [0.5, 0.6) is 0 Å². The van der Waals surface area contributed by atoms with Gasteiger partial charge in [0.15, 0.2) is 17.3 Å². The second-order valence-electron chi connectivity index (χ2n) is 2.63. The summed E-state index contributed by atoms with van der Waals surface area (Å²) in [5.74, 6) is -0.393. The largest absolute Gasteiger partial charge is 1.00 e. The van der Waals surface area contributed by atoms with Gasteiger partial charge in [0.25, 0.3) is 5.91 Å². The molecule has 1 aromatic rings. The Morgan fingerprint density at radius 2 is 2.07 bits per heavy atom. The van der Waals surface area contributed by atoms with Gasteiger partial charge in [-0.2, -0.15) is 4.57 Å². The minimum Gasteiger partial charge on any atom is -1.00 e. The summed E-state index contributed by atoms with van der Waals surface area (Å²) in [6.45, 7) is 0.149. The molecule has 0 spiro atoms. The van der Waals surface area contributed by atoms with Crippen LogP contribution < -0.4 is 27.3 Å². The minimum atomic E-state index is -0.979. The second-order valence-corrected chi connectivity index (χ2v) is 4.01. The van der Waals surface area contributed by atoms with Crippen molar-refractivity contribution in [1.29, 1.82) is 0 Å². The van der Waals surface area contributed by atoms with Gasteiger partial charge in [-0.1, -0.05) is 0 Å². The van der Waals surface area contributed by atoms with E-state index in [1.807, 2.05) is 0 Å². The number of carbonyl (C=O) groups is 1. The van der Waals surface area contributed by atoms with E-state index in [4.69, 9.17) is 5.73 Å². The number of rotatable bonds is 3. The number of hydrogen-bond donors (Lipinski definition) is 1. The lowest BCUT2D eigenvalue weighted by Gasteiger charge is -2.01. The zero-order valence-corrected chi connectivity index (χ0v) is 10.0. The van der Waals surface area contributed by atoms with E-state index in [-0.39, 0.29) is 23.5 Å². The number of aromatic nitrogens is 1. The molecule has 0 aliphatic heterocycles. The van der Waals surface area contributed by atoms with Crippen LogP contribution in [0.15, 0.2) is 29.4 Å². The average molecular weight is 279 g/mol. The Hall–Kier alpha value is -0.590. The molecule has 1 aromatic heterocycles. The quantitative estimate of drug-likeness (QED) is 0.455. The fraction of sp³-hybridized carbons (Fsp3) is 0.250. The van der Waals surface area contributed by atoms with Crippen molar-refractivity contribution < 1.29 is 30.9 Å². The van der Waals surface area contributed by atoms with E-state index in [0.717, 1.165) is 4.90 Å². The van der Waals surface area contributed by atoms with Gasteiger partial charge >= 0.3 is 0 Å². The van der Waals surface area contributed by atoms with E-state index in [0.29, 0.717) is 0 Å². The first-order chi connectivity index (χ1) is 6.09. The highest BCUT2D eigenvalue weighted by molar-refractivity contribution is 7.90. The van der Waals surface area contributed by atoms with Crippen molar-refractivity contribution in [3.63, 3.8) is 0 Å². The zero-order chi connectivity index (χ0) is 9.84. The number of nitrogens with two attached hydrogens (primary N) is 1. The van der Waals surface area contributed by atoms with Crippen molar-refractivity contribution in [2.24, 2.45) is 5.73 Å². The standard InChI is InChI=1S/C8H10N2O2S.BrH/c1-13(12)7-2-4-10(5-3-7)6-8(9)11;/h2-5H,6H2,1H3,(H-,9,11);1H. The maximum Gasteiger partial charge on any atom is 0.283 e. The lowest BCUT2D eigenvalue weighted by Crippen LogP contribution is -3.00. The van der Waals surface area contributed by atoms with Crippen LogP contribution in [0.3, 0.4) is 0 Å². The fourth-order valence-corrected chi connectivity index (χ4v) is 1.43. The molecule has 0 radical (unpaired) electrons. The molecular formula is C8H11BrN2O2S. The molecule has 4 nitrogen and oxygen atoms in total. The molecule has 78 valence electrons. The Kier molecular flexibility index (Phi) is 5.75. The molecule has 0 aromatic carbocycles. The van der Waals surface area contributed by atoms with Crippen LogP contribution in [0.25, 0.3) is 0 Å². The van der Waals surface area contributed by atoms with Crippen molar-refractivity contribution in [2.45, 2.75) is 11.4 Å². The van der Waals surface area contributed by atoms with E-state index < -0.39 is 17.1 Å². The summed E-state index contributed by atoms with van der Waals surface area (Å²) in [7, 11) is 0. The number of amides is 1. The molecule has 1 unspecified atom stereocenters. The summed E-state index contributed by atoms with van der Waals surface area (Å²) in [4.78, 5) is 11.3. The highest BCUT2D eigenvalue weighted by Crippen LogP contribution is 2.03. The summed E-state index contributed by atoms with van der Waals surface area (Å²) in [5, 5.41) is 0. The topological polar surface area (TPSA) is 70.0 Å². The van der Waals surface area contributed by atoms with E-state index in [9.17, 15) is 9.35 Å². The van der Waals surface area contributed by atoms with E-state index in [1.54, 1.807) is 35.3 Å². The Morgan fingerprint density at radius 1 is 1.57 bits per heavy atom. The first kappa shape index (κ1) is 13.4. The smallest absolute Gasteiger partial charge is 0.283 e. The molecule has 14 heavy (non-hydrogen) atoms. The molecule has 0 aliphatic rings. The number of halogens is 1.